The summed E-state index contributed by atoms with van der Waals surface area (Å²) in [6, 6.07) is 0. The van der Waals surface area contributed by atoms with Crippen LogP contribution in [0.2, 0.25) is 0 Å². The summed E-state index contributed by atoms with van der Waals surface area (Å²) >= 11 is 0. The molecule has 1 heterocycles. The number of piperidine rings is 1. The minimum atomic E-state index is -0.0311. The molecule has 0 amide bonds. The first-order chi connectivity index (χ1) is 6.09. The molecule has 14 heavy (non-hydrogen) atoms. The van der Waals surface area contributed by atoms with E-state index >= 15 is 0 Å². The minimum absolute atomic E-state index is 0. The number of carbonyl (C=O) groups is 2. The largest absolute Gasteiger partial charge is 1.00 e. The summed E-state index contributed by atoms with van der Waals surface area (Å²) in [6.45, 7) is 3.35. The molecule has 0 spiro atoms. The second-order valence-electron chi connectivity index (χ2n) is 3.71. The molecule has 0 unspecified atom stereocenters. The van der Waals surface area contributed by atoms with Crippen molar-refractivity contribution in [2.45, 2.75) is 26.2 Å². The van der Waals surface area contributed by atoms with E-state index in [0.717, 1.165) is 31.8 Å². The average molecular weight is 268 g/mol. The van der Waals surface area contributed by atoms with Crippen molar-refractivity contribution in [3.05, 3.63) is 5.92 Å². The molecule has 0 aromatic rings. The molecule has 0 aliphatic carbocycles. The Balaban J connectivity index is 0.00000169. The molecular weight excluding hydrogens is 252 g/mol. The fourth-order valence-electron chi connectivity index (χ4n) is 1.52. The van der Waals surface area contributed by atoms with Gasteiger partial charge in [0.2, 0.25) is 0 Å². The van der Waals surface area contributed by atoms with E-state index in [0.29, 0.717) is 0 Å². The topological polar surface area (TPSA) is 37.4 Å². The third-order valence-corrected chi connectivity index (χ3v) is 2.39. The van der Waals surface area contributed by atoms with E-state index in [1.54, 1.807) is 0 Å². The van der Waals surface area contributed by atoms with E-state index in [4.69, 9.17) is 0 Å². The van der Waals surface area contributed by atoms with Crippen LogP contribution in [0.15, 0.2) is 0 Å². The van der Waals surface area contributed by atoms with Crippen molar-refractivity contribution in [1.82, 2.24) is 4.90 Å². The Morgan fingerprint density at radius 2 is 1.79 bits per heavy atom. The molecule has 1 saturated heterocycles. The smallest absolute Gasteiger partial charge is 0.334 e. The predicted molar refractivity (Wildman–Crippen MR) is 50.3 cm³/mol. The van der Waals surface area contributed by atoms with E-state index in [9.17, 15) is 9.59 Å². The van der Waals surface area contributed by atoms with Gasteiger partial charge in [-0.25, -0.2) is 0 Å². The number of hydrogen-bond acceptors (Lipinski definition) is 3. The van der Waals surface area contributed by atoms with Crippen LogP contribution in [0, 0.1) is 5.92 Å². The Morgan fingerprint density at radius 1 is 1.29 bits per heavy atom. The molecule has 0 saturated carbocycles. The molecule has 0 atom stereocenters. The maximum Gasteiger partial charge on any atom is 1.00 e. The maximum absolute atomic E-state index is 11.4. The molecule has 0 radical (unpaired) electrons. The zero-order chi connectivity index (χ0) is 9.84. The normalized spacial score (nSPS) is 17.4. The van der Waals surface area contributed by atoms with Gasteiger partial charge >= 0.3 is 58.2 Å². The summed E-state index contributed by atoms with van der Waals surface area (Å²) in [5.74, 6) is 0.977. The number of hydrogen-bond donors (Lipinski definition) is 0. The SMILES string of the molecule is CC(=O)CC(=O)[C-]1CCN(C)CC1.[Rb+]. The van der Waals surface area contributed by atoms with Crippen LogP contribution >= 0.6 is 0 Å². The van der Waals surface area contributed by atoms with Gasteiger partial charge in [-0.15, -0.1) is 12.8 Å². The fraction of sp³-hybridized carbons (Fsp3) is 0.700. The van der Waals surface area contributed by atoms with Crippen molar-refractivity contribution in [1.29, 1.82) is 0 Å². The van der Waals surface area contributed by atoms with Crippen LogP contribution in [-0.4, -0.2) is 36.6 Å². The molecule has 1 rings (SSSR count). The summed E-state index contributed by atoms with van der Waals surface area (Å²) in [7, 11) is 2.05. The number of Topliss-reactive ketones (excluding diaryl/α,β-unsaturated/α-hetero) is 2. The summed E-state index contributed by atoms with van der Waals surface area (Å²) < 4.78 is 0. The number of likely N-dealkylation sites (tertiary alicyclic amines) is 1. The van der Waals surface area contributed by atoms with E-state index in [2.05, 4.69) is 4.90 Å². The number of carbonyl (C=O) groups excluding carboxylic acids is 2. The van der Waals surface area contributed by atoms with E-state index in [1.807, 2.05) is 7.05 Å². The molecule has 0 aromatic carbocycles. The van der Waals surface area contributed by atoms with Gasteiger partial charge in [-0.1, -0.05) is 0 Å². The molecule has 4 heteroatoms. The molecule has 0 N–H and O–H groups in total. The molecular formula is C10H16NO2Rb. The number of rotatable bonds is 3. The van der Waals surface area contributed by atoms with Crippen molar-refractivity contribution in [2.24, 2.45) is 0 Å². The van der Waals surface area contributed by atoms with Crippen LogP contribution in [0.5, 0.6) is 0 Å². The standard InChI is InChI=1S/C10H16NO2.Rb/c1-8(12)7-10(13)9-3-5-11(2)6-4-9;/h3-7H2,1-2H3;/q-1;+1. The van der Waals surface area contributed by atoms with Crippen molar-refractivity contribution in [3.8, 4) is 0 Å². The van der Waals surface area contributed by atoms with Crippen LogP contribution in [-0.2, 0) is 9.59 Å². The summed E-state index contributed by atoms with van der Waals surface area (Å²) in [5, 5.41) is 0. The second-order valence-corrected chi connectivity index (χ2v) is 3.71. The van der Waals surface area contributed by atoms with Gasteiger partial charge in [-0.2, -0.15) is 0 Å². The molecule has 3 nitrogen and oxygen atoms in total. The van der Waals surface area contributed by atoms with E-state index < -0.39 is 0 Å². The summed E-state index contributed by atoms with van der Waals surface area (Å²) in [6.07, 6.45) is 1.77. The van der Waals surface area contributed by atoms with Crippen LogP contribution in [0.4, 0.5) is 0 Å². The first-order valence-electron chi connectivity index (χ1n) is 4.65. The van der Waals surface area contributed by atoms with Gasteiger partial charge in [0.05, 0.1) is 0 Å². The van der Waals surface area contributed by atoms with Crippen LogP contribution < -0.4 is 58.2 Å². The molecule has 0 bridgehead atoms. The Labute approximate surface area is 134 Å². The van der Waals surface area contributed by atoms with Crippen molar-refractivity contribution in [2.75, 3.05) is 20.1 Å². The third-order valence-electron chi connectivity index (χ3n) is 2.39. The molecule has 1 aliphatic heterocycles. The average Bonchev–Trinajstić information content (AvgIpc) is 2.04. The maximum atomic E-state index is 11.4. The number of nitrogens with zero attached hydrogens (tertiary/aromatic N) is 1. The minimum Gasteiger partial charge on any atom is -0.334 e. The van der Waals surface area contributed by atoms with Gasteiger partial charge in [0.25, 0.3) is 0 Å². The van der Waals surface area contributed by atoms with Gasteiger partial charge < -0.3 is 15.6 Å². The molecule has 1 fully saturated rings. The van der Waals surface area contributed by atoms with E-state index in [-0.39, 0.29) is 76.2 Å². The first-order valence-corrected chi connectivity index (χ1v) is 4.65. The Kier molecular flexibility index (Phi) is 7.79. The van der Waals surface area contributed by atoms with Crippen LogP contribution in [0.1, 0.15) is 26.2 Å². The number of ketones is 2. The summed E-state index contributed by atoms with van der Waals surface area (Å²) in [5.41, 5.74) is 0. The van der Waals surface area contributed by atoms with Crippen LogP contribution in [0.25, 0.3) is 0 Å². The first kappa shape index (κ1) is 15.0. The Morgan fingerprint density at radius 3 is 2.21 bits per heavy atom. The predicted octanol–water partition coefficient (Wildman–Crippen LogP) is -2.16. The monoisotopic (exact) mass is 267 g/mol. The van der Waals surface area contributed by atoms with Gasteiger partial charge in [-0.3, -0.25) is 4.79 Å². The van der Waals surface area contributed by atoms with E-state index in [1.165, 1.54) is 6.92 Å². The molecule has 1 aliphatic rings. The van der Waals surface area contributed by atoms with Crippen molar-refractivity contribution < 1.29 is 67.8 Å². The van der Waals surface area contributed by atoms with Gasteiger partial charge in [0.15, 0.2) is 0 Å². The van der Waals surface area contributed by atoms with Crippen LogP contribution in [0.3, 0.4) is 0 Å². The van der Waals surface area contributed by atoms with Gasteiger partial charge in [0.1, 0.15) is 5.78 Å². The Bertz CT molecular complexity index is 210. The quantitative estimate of drug-likeness (QED) is 0.432. The second kappa shape index (κ2) is 7.28. The van der Waals surface area contributed by atoms with Crippen molar-refractivity contribution in [3.63, 3.8) is 0 Å². The third kappa shape index (κ3) is 5.17. The molecule has 74 valence electrons. The fourth-order valence-corrected chi connectivity index (χ4v) is 1.52. The van der Waals surface area contributed by atoms with Crippen molar-refractivity contribution >= 4 is 11.6 Å². The van der Waals surface area contributed by atoms with Gasteiger partial charge in [-0.05, 0) is 27.1 Å². The molecule has 0 aromatic heterocycles. The van der Waals surface area contributed by atoms with Gasteiger partial charge in [0, 0.05) is 12.2 Å². The summed E-state index contributed by atoms with van der Waals surface area (Å²) in [4.78, 5) is 24.4. The zero-order valence-electron chi connectivity index (χ0n) is 9.30. The Hall–Kier alpha value is 0.975. The zero-order valence-corrected chi connectivity index (χ0v) is 14.2.